The average Bonchev–Trinajstić information content (AvgIpc) is 2.52. The van der Waals surface area contributed by atoms with Gasteiger partial charge in [0.05, 0.1) is 0 Å². The first-order valence-electron chi connectivity index (χ1n) is 3.40. The van der Waals surface area contributed by atoms with Crippen LogP contribution in [-0.4, -0.2) is 19.2 Å². The summed E-state index contributed by atoms with van der Waals surface area (Å²) < 4.78 is 46.4. The van der Waals surface area contributed by atoms with E-state index in [1.165, 1.54) is 6.20 Å². The summed E-state index contributed by atoms with van der Waals surface area (Å²) in [5.41, 5.74) is 0.601. The number of aromatic nitrogens is 1. The van der Waals surface area contributed by atoms with Gasteiger partial charge in [-0.05, 0) is 11.6 Å². The van der Waals surface area contributed by atoms with Crippen LogP contribution in [0.3, 0.4) is 0 Å². The highest BCUT2D eigenvalue weighted by atomic mass is 32.2. The van der Waals surface area contributed by atoms with Crippen molar-refractivity contribution < 1.29 is 17.2 Å². The largest absolute Gasteiger partial charge is 0.367 e. The number of nitrogens with one attached hydrogen (secondary N) is 2. The van der Waals surface area contributed by atoms with Crippen LogP contribution in [0.4, 0.5) is 8.78 Å². The van der Waals surface area contributed by atoms with Crippen LogP contribution < -0.4 is 4.72 Å². The van der Waals surface area contributed by atoms with E-state index in [1.807, 2.05) is 0 Å². The predicted molar refractivity (Wildman–Crippen MR) is 42.6 cm³/mol. The van der Waals surface area contributed by atoms with Gasteiger partial charge in [0.2, 0.25) is 0 Å². The van der Waals surface area contributed by atoms with Gasteiger partial charge in [-0.25, -0.2) is 13.1 Å². The van der Waals surface area contributed by atoms with Crippen molar-refractivity contribution in [1.29, 1.82) is 0 Å². The molecule has 1 heterocycles. The molecular weight excluding hydrogens is 202 g/mol. The Morgan fingerprint density at radius 3 is 2.69 bits per heavy atom. The fraction of sp³-hybridized carbons (Fsp3) is 0.333. The van der Waals surface area contributed by atoms with Crippen molar-refractivity contribution in [1.82, 2.24) is 9.71 Å². The summed E-state index contributed by atoms with van der Waals surface area (Å²) in [5.74, 6) is -3.38. The third-order valence-corrected chi connectivity index (χ3v) is 2.39. The van der Waals surface area contributed by atoms with E-state index in [4.69, 9.17) is 0 Å². The maximum atomic E-state index is 11.8. The second-order valence-electron chi connectivity index (χ2n) is 2.35. The maximum Gasteiger partial charge on any atom is 0.350 e. The van der Waals surface area contributed by atoms with Crippen LogP contribution in [0, 0.1) is 0 Å². The normalized spacial score (nSPS) is 12.2. The van der Waals surface area contributed by atoms with Gasteiger partial charge in [0.15, 0.2) is 0 Å². The fourth-order valence-corrected chi connectivity index (χ4v) is 1.21. The van der Waals surface area contributed by atoms with E-state index in [2.05, 4.69) is 4.98 Å². The standard InChI is InChI=1S/C6H8F2N2O2S/c7-6(8)13(11,12)10-4-5-1-2-9-3-5/h1-3,6,9-10H,4H2. The highest BCUT2D eigenvalue weighted by molar-refractivity contribution is 7.89. The molecule has 7 heteroatoms. The number of H-pyrrole nitrogens is 1. The van der Waals surface area contributed by atoms with Gasteiger partial charge in [-0.3, -0.25) is 0 Å². The number of aromatic amines is 1. The molecule has 0 aliphatic heterocycles. The smallest absolute Gasteiger partial charge is 0.350 e. The van der Waals surface area contributed by atoms with Crippen molar-refractivity contribution in [2.24, 2.45) is 0 Å². The SMILES string of the molecule is O=S(=O)(NCc1cc[nH]c1)C(F)F. The summed E-state index contributed by atoms with van der Waals surface area (Å²) in [6.07, 6.45) is 3.10. The molecule has 1 rings (SSSR count). The minimum Gasteiger partial charge on any atom is -0.367 e. The number of sulfonamides is 1. The van der Waals surface area contributed by atoms with E-state index in [1.54, 1.807) is 17.0 Å². The lowest BCUT2D eigenvalue weighted by Gasteiger charge is -2.02. The molecule has 0 unspecified atom stereocenters. The Morgan fingerprint density at radius 1 is 1.54 bits per heavy atom. The third-order valence-electron chi connectivity index (χ3n) is 1.37. The Labute approximate surface area is 74.0 Å². The lowest BCUT2D eigenvalue weighted by Crippen LogP contribution is -2.28. The second-order valence-corrected chi connectivity index (χ2v) is 4.08. The number of halogens is 2. The van der Waals surface area contributed by atoms with E-state index in [9.17, 15) is 17.2 Å². The van der Waals surface area contributed by atoms with Gasteiger partial charge < -0.3 is 4.98 Å². The molecule has 1 aromatic heterocycles. The van der Waals surface area contributed by atoms with Gasteiger partial charge in [0, 0.05) is 18.9 Å². The van der Waals surface area contributed by atoms with Crippen molar-refractivity contribution in [2.75, 3.05) is 0 Å². The molecule has 0 aliphatic carbocycles. The molecule has 0 atom stereocenters. The van der Waals surface area contributed by atoms with E-state index >= 15 is 0 Å². The molecule has 13 heavy (non-hydrogen) atoms. The Bertz CT molecular complexity index is 347. The predicted octanol–water partition coefficient (Wildman–Crippen LogP) is 0.657. The van der Waals surface area contributed by atoms with Crippen molar-refractivity contribution in [3.8, 4) is 0 Å². The Balaban J connectivity index is 2.53. The number of rotatable bonds is 4. The summed E-state index contributed by atoms with van der Waals surface area (Å²) in [6.45, 7) is -0.129. The molecule has 0 saturated carbocycles. The molecule has 2 N–H and O–H groups in total. The quantitative estimate of drug-likeness (QED) is 0.766. The Hall–Kier alpha value is -0.950. The summed E-state index contributed by atoms with van der Waals surface area (Å²) in [4.78, 5) is 2.67. The van der Waals surface area contributed by atoms with Crippen LogP contribution in [0.1, 0.15) is 5.56 Å². The molecule has 0 saturated heterocycles. The highest BCUT2D eigenvalue weighted by Crippen LogP contribution is 2.03. The van der Waals surface area contributed by atoms with Gasteiger partial charge in [-0.2, -0.15) is 8.78 Å². The van der Waals surface area contributed by atoms with Crippen molar-refractivity contribution in [2.45, 2.75) is 12.3 Å². The number of alkyl halides is 2. The molecule has 0 spiro atoms. The van der Waals surface area contributed by atoms with Gasteiger partial charge >= 0.3 is 5.76 Å². The zero-order chi connectivity index (χ0) is 9.90. The number of hydrogen-bond acceptors (Lipinski definition) is 2. The lowest BCUT2D eigenvalue weighted by atomic mass is 10.4. The molecule has 0 amide bonds. The van der Waals surface area contributed by atoms with Crippen LogP contribution in [0.25, 0.3) is 0 Å². The summed E-state index contributed by atoms with van der Waals surface area (Å²) in [5, 5.41) is 0. The van der Waals surface area contributed by atoms with Crippen LogP contribution in [-0.2, 0) is 16.6 Å². The van der Waals surface area contributed by atoms with Gasteiger partial charge in [-0.1, -0.05) is 0 Å². The topological polar surface area (TPSA) is 62.0 Å². The Kier molecular flexibility index (Phi) is 2.99. The zero-order valence-electron chi connectivity index (χ0n) is 6.50. The molecular formula is C6H8F2N2O2S. The summed E-state index contributed by atoms with van der Waals surface area (Å²) >= 11 is 0. The number of hydrogen-bond donors (Lipinski definition) is 2. The molecule has 74 valence electrons. The molecule has 0 fully saturated rings. The lowest BCUT2D eigenvalue weighted by molar-refractivity contribution is 0.232. The van der Waals surface area contributed by atoms with Crippen molar-refractivity contribution >= 4 is 10.0 Å². The summed E-state index contributed by atoms with van der Waals surface area (Å²) in [7, 11) is -4.47. The van der Waals surface area contributed by atoms with E-state index < -0.39 is 15.8 Å². The molecule has 0 radical (unpaired) electrons. The van der Waals surface area contributed by atoms with Crippen molar-refractivity contribution in [3.05, 3.63) is 24.0 Å². The monoisotopic (exact) mass is 210 g/mol. The highest BCUT2D eigenvalue weighted by Gasteiger charge is 2.22. The maximum absolute atomic E-state index is 11.8. The first-order valence-corrected chi connectivity index (χ1v) is 4.95. The fourth-order valence-electron chi connectivity index (χ4n) is 0.715. The molecule has 4 nitrogen and oxygen atoms in total. The van der Waals surface area contributed by atoms with Crippen molar-refractivity contribution in [3.63, 3.8) is 0 Å². The Morgan fingerprint density at radius 2 is 2.23 bits per heavy atom. The van der Waals surface area contributed by atoms with E-state index in [-0.39, 0.29) is 6.54 Å². The molecule has 0 aromatic carbocycles. The molecule has 1 aromatic rings. The van der Waals surface area contributed by atoms with E-state index in [0.717, 1.165) is 0 Å². The average molecular weight is 210 g/mol. The zero-order valence-corrected chi connectivity index (χ0v) is 7.31. The minimum absolute atomic E-state index is 0.129. The first-order chi connectivity index (χ1) is 6.02. The summed E-state index contributed by atoms with van der Waals surface area (Å²) in [6, 6.07) is 1.59. The molecule has 0 aliphatic rings. The van der Waals surface area contributed by atoms with Gasteiger partial charge in [-0.15, -0.1) is 0 Å². The third kappa shape index (κ3) is 2.78. The van der Waals surface area contributed by atoms with Crippen LogP contribution in [0.15, 0.2) is 18.5 Å². The van der Waals surface area contributed by atoms with Gasteiger partial charge in [0.1, 0.15) is 0 Å². The van der Waals surface area contributed by atoms with Gasteiger partial charge in [0.25, 0.3) is 10.0 Å². The van der Waals surface area contributed by atoms with Crippen LogP contribution in [0.2, 0.25) is 0 Å². The minimum atomic E-state index is -4.47. The second kappa shape index (κ2) is 3.84. The van der Waals surface area contributed by atoms with E-state index in [0.29, 0.717) is 5.56 Å². The van der Waals surface area contributed by atoms with Crippen LogP contribution in [0.5, 0.6) is 0 Å². The molecule has 0 bridgehead atoms. The van der Waals surface area contributed by atoms with Crippen LogP contribution >= 0.6 is 0 Å². The first kappa shape index (κ1) is 10.1.